The molecule has 0 aliphatic heterocycles. The van der Waals surface area contributed by atoms with E-state index in [1.54, 1.807) is 41.5 Å². The Morgan fingerprint density at radius 2 is 1.85 bits per heavy atom. The molecule has 0 aliphatic carbocycles. The van der Waals surface area contributed by atoms with E-state index in [1.165, 1.54) is 0 Å². The van der Waals surface area contributed by atoms with Crippen molar-refractivity contribution in [3.05, 3.63) is 17.0 Å². The van der Waals surface area contributed by atoms with Crippen LogP contribution >= 0.6 is 0 Å². The fourth-order valence-electron chi connectivity index (χ4n) is 2.35. The second-order valence-electron chi connectivity index (χ2n) is 6.11. The molecule has 20 heavy (non-hydrogen) atoms. The summed E-state index contributed by atoms with van der Waals surface area (Å²) in [6, 6.07) is -0.349. The predicted molar refractivity (Wildman–Crippen MR) is 73.1 cm³/mol. The molecule has 0 saturated heterocycles. The first kappa shape index (κ1) is 16.2. The average molecular weight is 282 g/mol. The van der Waals surface area contributed by atoms with Crippen molar-refractivity contribution < 1.29 is 19.2 Å². The summed E-state index contributed by atoms with van der Waals surface area (Å²) >= 11 is 0. The van der Waals surface area contributed by atoms with Gasteiger partial charge in [-0.05, 0) is 26.2 Å². The molecule has 0 aromatic carbocycles. The van der Waals surface area contributed by atoms with Crippen LogP contribution in [0.4, 0.5) is 0 Å². The molecule has 1 rings (SSSR count). The number of hydrogen-bond donors (Lipinski definition) is 2. The van der Waals surface area contributed by atoms with E-state index in [4.69, 9.17) is 4.52 Å². The van der Waals surface area contributed by atoms with Gasteiger partial charge in [-0.15, -0.1) is 0 Å². The summed E-state index contributed by atoms with van der Waals surface area (Å²) in [6.07, 6.45) is 0. The Hall–Kier alpha value is -1.85. The Bertz CT molecular complexity index is 494. The zero-order valence-corrected chi connectivity index (χ0v) is 12.8. The molecule has 0 radical (unpaired) electrons. The smallest absolute Gasteiger partial charge is 0.316 e. The van der Waals surface area contributed by atoms with Crippen LogP contribution in [0, 0.1) is 25.2 Å². The number of rotatable bonds is 4. The standard InChI is InChI=1S/C14H22N2O4/c1-7(10-8(2)16-20-9(10)3)15-12(17)11(13(18)19)14(4,5)6/h7,11H,1-6H3,(H,15,17)(H,18,19). The Morgan fingerprint density at radius 1 is 1.30 bits per heavy atom. The van der Waals surface area contributed by atoms with Gasteiger partial charge < -0.3 is 14.9 Å². The Balaban J connectivity index is 2.92. The van der Waals surface area contributed by atoms with Gasteiger partial charge in [0.2, 0.25) is 5.91 Å². The number of carboxylic acid groups (broad SMARTS) is 1. The van der Waals surface area contributed by atoms with E-state index >= 15 is 0 Å². The third-order valence-electron chi connectivity index (χ3n) is 3.26. The van der Waals surface area contributed by atoms with E-state index < -0.39 is 23.2 Å². The van der Waals surface area contributed by atoms with Crippen molar-refractivity contribution in [3.8, 4) is 0 Å². The molecule has 0 bridgehead atoms. The van der Waals surface area contributed by atoms with E-state index in [0.717, 1.165) is 5.56 Å². The Kier molecular flexibility index (Phi) is 4.57. The molecule has 1 amide bonds. The molecule has 2 N–H and O–H groups in total. The molecule has 2 atom stereocenters. The summed E-state index contributed by atoms with van der Waals surface area (Å²) in [6.45, 7) is 10.5. The number of hydrogen-bond acceptors (Lipinski definition) is 4. The maximum Gasteiger partial charge on any atom is 0.316 e. The van der Waals surface area contributed by atoms with Gasteiger partial charge in [0.05, 0.1) is 11.7 Å². The highest BCUT2D eigenvalue weighted by Crippen LogP contribution is 2.28. The molecule has 1 heterocycles. The number of aryl methyl sites for hydroxylation is 2. The van der Waals surface area contributed by atoms with Crippen LogP contribution in [0.1, 0.15) is 50.8 Å². The van der Waals surface area contributed by atoms with Crippen molar-refractivity contribution in [1.82, 2.24) is 10.5 Å². The summed E-state index contributed by atoms with van der Waals surface area (Å²) in [5.74, 6) is -2.11. The highest BCUT2D eigenvalue weighted by molar-refractivity contribution is 5.97. The Morgan fingerprint density at radius 3 is 2.20 bits per heavy atom. The van der Waals surface area contributed by atoms with Crippen molar-refractivity contribution in [1.29, 1.82) is 0 Å². The topological polar surface area (TPSA) is 92.4 Å². The third kappa shape index (κ3) is 3.37. The predicted octanol–water partition coefficient (Wildman–Crippen LogP) is 2.22. The lowest BCUT2D eigenvalue weighted by atomic mass is 9.80. The lowest BCUT2D eigenvalue weighted by Crippen LogP contribution is -2.43. The number of aliphatic carboxylic acids is 1. The fourth-order valence-corrected chi connectivity index (χ4v) is 2.35. The largest absolute Gasteiger partial charge is 0.481 e. The van der Waals surface area contributed by atoms with Crippen LogP contribution in [0.5, 0.6) is 0 Å². The SMILES string of the molecule is Cc1noc(C)c1C(C)NC(=O)C(C(=O)O)C(C)(C)C. The van der Waals surface area contributed by atoms with Gasteiger partial charge in [-0.2, -0.15) is 0 Å². The van der Waals surface area contributed by atoms with Crippen LogP contribution in [0.15, 0.2) is 4.52 Å². The minimum Gasteiger partial charge on any atom is -0.481 e. The monoisotopic (exact) mass is 282 g/mol. The number of nitrogens with one attached hydrogen (secondary N) is 1. The van der Waals surface area contributed by atoms with Gasteiger partial charge in [0.15, 0.2) is 0 Å². The minimum absolute atomic E-state index is 0.349. The molecule has 1 aromatic heterocycles. The average Bonchev–Trinajstić information content (AvgIpc) is 2.55. The van der Waals surface area contributed by atoms with Crippen molar-refractivity contribution in [3.63, 3.8) is 0 Å². The molecular weight excluding hydrogens is 260 g/mol. The molecule has 6 nitrogen and oxygen atoms in total. The number of aromatic nitrogens is 1. The van der Waals surface area contributed by atoms with Gasteiger partial charge in [0, 0.05) is 5.56 Å². The third-order valence-corrected chi connectivity index (χ3v) is 3.26. The van der Waals surface area contributed by atoms with Gasteiger partial charge in [0.25, 0.3) is 0 Å². The second-order valence-corrected chi connectivity index (χ2v) is 6.11. The molecule has 0 spiro atoms. The Labute approximate surface area is 118 Å². The zero-order chi connectivity index (χ0) is 15.7. The molecule has 1 aromatic rings. The normalized spacial score (nSPS) is 14.7. The van der Waals surface area contributed by atoms with E-state index in [2.05, 4.69) is 10.5 Å². The number of carbonyl (C=O) groups is 2. The maximum atomic E-state index is 12.2. The molecule has 2 unspecified atom stereocenters. The van der Waals surface area contributed by atoms with Crippen LogP contribution in [0.2, 0.25) is 0 Å². The van der Waals surface area contributed by atoms with Gasteiger partial charge in [-0.1, -0.05) is 25.9 Å². The van der Waals surface area contributed by atoms with Crippen LogP contribution in [0.25, 0.3) is 0 Å². The van der Waals surface area contributed by atoms with Gasteiger partial charge >= 0.3 is 5.97 Å². The van der Waals surface area contributed by atoms with Gasteiger partial charge in [-0.25, -0.2) is 0 Å². The second kappa shape index (κ2) is 5.64. The number of carbonyl (C=O) groups excluding carboxylic acids is 1. The number of carboxylic acids is 1. The summed E-state index contributed by atoms with van der Waals surface area (Å²) in [7, 11) is 0. The first-order chi connectivity index (χ1) is 9.05. The summed E-state index contributed by atoms with van der Waals surface area (Å²) in [5.41, 5.74) is 0.823. The van der Waals surface area contributed by atoms with Crippen LogP contribution in [-0.4, -0.2) is 22.1 Å². The van der Waals surface area contributed by atoms with Crippen molar-refractivity contribution in [2.24, 2.45) is 11.3 Å². The fraction of sp³-hybridized carbons (Fsp3) is 0.643. The highest BCUT2D eigenvalue weighted by Gasteiger charge is 2.38. The molecular formula is C14H22N2O4. The first-order valence-electron chi connectivity index (χ1n) is 6.51. The highest BCUT2D eigenvalue weighted by atomic mass is 16.5. The zero-order valence-electron chi connectivity index (χ0n) is 12.8. The summed E-state index contributed by atoms with van der Waals surface area (Å²) < 4.78 is 5.06. The maximum absolute atomic E-state index is 12.2. The first-order valence-corrected chi connectivity index (χ1v) is 6.51. The molecule has 0 saturated carbocycles. The van der Waals surface area contributed by atoms with Crippen LogP contribution in [0.3, 0.4) is 0 Å². The van der Waals surface area contributed by atoms with Crippen molar-refractivity contribution in [2.75, 3.05) is 0 Å². The summed E-state index contributed by atoms with van der Waals surface area (Å²) in [4.78, 5) is 23.5. The van der Waals surface area contributed by atoms with Crippen LogP contribution < -0.4 is 5.32 Å². The molecule has 6 heteroatoms. The van der Waals surface area contributed by atoms with E-state index in [9.17, 15) is 14.7 Å². The van der Waals surface area contributed by atoms with E-state index in [-0.39, 0.29) is 6.04 Å². The van der Waals surface area contributed by atoms with Crippen LogP contribution in [-0.2, 0) is 9.59 Å². The van der Waals surface area contributed by atoms with Crippen molar-refractivity contribution in [2.45, 2.75) is 47.6 Å². The molecule has 0 fully saturated rings. The van der Waals surface area contributed by atoms with E-state index in [1.807, 2.05) is 0 Å². The quantitative estimate of drug-likeness (QED) is 0.826. The van der Waals surface area contributed by atoms with Gasteiger partial charge in [0.1, 0.15) is 11.7 Å². The number of amides is 1. The minimum atomic E-state index is -1.12. The molecule has 0 aliphatic rings. The number of nitrogens with zero attached hydrogens (tertiary/aromatic N) is 1. The van der Waals surface area contributed by atoms with E-state index in [0.29, 0.717) is 11.5 Å². The lowest BCUT2D eigenvalue weighted by Gasteiger charge is -2.27. The van der Waals surface area contributed by atoms with Gasteiger partial charge in [-0.3, -0.25) is 9.59 Å². The lowest BCUT2D eigenvalue weighted by molar-refractivity contribution is -0.151. The summed E-state index contributed by atoms with van der Waals surface area (Å²) in [5, 5.41) is 15.8. The van der Waals surface area contributed by atoms with Crippen molar-refractivity contribution >= 4 is 11.9 Å². The molecule has 112 valence electrons.